The molecule has 190 valence electrons. The summed E-state index contributed by atoms with van der Waals surface area (Å²) in [5.41, 5.74) is 2.56. The number of rotatable bonds is 9. The van der Waals surface area contributed by atoms with Crippen LogP contribution in [-0.2, 0) is 22.5 Å². The Morgan fingerprint density at radius 2 is 1.64 bits per heavy atom. The summed E-state index contributed by atoms with van der Waals surface area (Å²) in [6.45, 7) is 7.59. The number of nitrogens with one attached hydrogen (secondary N) is 1. The molecule has 2 aromatic carbocycles. The third-order valence-corrected chi connectivity index (χ3v) is 6.71. The van der Waals surface area contributed by atoms with Crippen molar-refractivity contribution >= 4 is 11.9 Å². The van der Waals surface area contributed by atoms with Gasteiger partial charge in [0.25, 0.3) is 0 Å². The average Bonchev–Trinajstić information content (AvgIpc) is 3.39. The van der Waals surface area contributed by atoms with Crippen LogP contribution in [0.5, 0.6) is 0 Å². The van der Waals surface area contributed by atoms with Crippen LogP contribution in [0.1, 0.15) is 53.1 Å². The molecule has 9 nitrogen and oxygen atoms in total. The zero-order valence-corrected chi connectivity index (χ0v) is 21.0. The number of carbonyl (C=O) groups is 2. The number of hydrogen-bond donors (Lipinski definition) is 1. The van der Waals surface area contributed by atoms with E-state index in [0.717, 1.165) is 37.3 Å². The average molecular weight is 492 g/mol. The topological polar surface area (TPSA) is 101 Å². The van der Waals surface area contributed by atoms with E-state index in [0.29, 0.717) is 30.2 Å². The van der Waals surface area contributed by atoms with Gasteiger partial charge < -0.3 is 14.6 Å². The number of aromatic nitrogens is 2. The molecule has 2 heterocycles. The largest absolute Gasteiger partial charge is 0.465 e. The lowest BCUT2D eigenvalue weighted by Crippen LogP contribution is -2.54. The molecule has 1 saturated heterocycles. The number of nitrogens with zero attached hydrogens (tertiary/aromatic N) is 4. The third kappa shape index (κ3) is 6.35. The van der Waals surface area contributed by atoms with Gasteiger partial charge in [-0.25, -0.2) is 4.79 Å². The van der Waals surface area contributed by atoms with E-state index >= 15 is 0 Å². The molecular formula is C27H33N5O4. The second-order valence-corrected chi connectivity index (χ2v) is 9.04. The monoisotopic (exact) mass is 491 g/mol. The summed E-state index contributed by atoms with van der Waals surface area (Å²) >= 11 is 0. The van der Waals surface area contributed by atoms with Gasteiger partial charge in [-0.3, -0.25) is 14.6 Å². The number of piperazine rings is 1. The number of carbonyl (C=O) groups excluding carboxylic acids is 2. The SMILES string of the molecule is COC(=O)c1ccc(CNC(=O)C(C)N2CCN(C(C)c3nc(Cc4ccccc4)no3)CC2)cc1. The van der Waals surface area contributed by atoms with Crippen molar-refractivity contribution in [2.24, 2.45) is 0 Å². The van der Waals surface area contributed by atoms with Gasteiger partial charge >= 0.3 is 5.97 Å². The van der Waals surface area contributed by atoms with Crippen molar-refractivity contribution < 1.29 is 18.8 Å². The van der Waals surface area contributed by atoms with Gasteiger partial charge in [-0.15, -0.1) is 0 Å². The van der Waals surface area contributed by atoms with Crippen LogP contribution in [0, 0.1) is 0 Å². The Hall–Kier alpha value is -3.56. The van der Waals surface area contributed by atoms with Crippen LogP contribution < -0.4 is 5.32 Å². The highest BCUT2D eigenvalue weighted by Gasteiger charge is 2.29. The molecule has 9 heteroatoms. The maximum Gasteiger partial charge on any atom is 0.337 e. The Morgan fingerprint density at radius 1 is 0.972 bits per heavy atom. The van der Waals surface area contributed by atoms with Crippen LogP contribution in [0.15, 0.2) is 59.1 Å². The summed E-state index contributed by atoms with van der Waals surface area (Å²) in [6, 6.07) is 16.9. The standard InChI is InChI=1S/C27H33N5O4/c1-19(25(33)28-18-22-9-11-23(12-10-22)27(34)35-3)31-13-15-32(16-14-31)20(2)26-29-24(30-36-26)17-21-7-5-4-6-8-21/h4-12,19-20H,13-18H2,1-3H3,(H,28,33). The fraction of sp³-hybridized carbons (Fsp3) is 0.407. The molecule has 4 rings (SSSR count). The Labute approximate surface area is 211 Å². The highest BCUT2D eigenvalue weighted by atomic mass is 16.5. The van der Waals surface area contributed by atoms with Crippen molar-refractivity contribution in [1.29, 1.82) is 0 Å². The number of ether oxygens (including phenoxy) is 1. The summed E-state index contributed by atoms with van der Waals surface area (Å²) in [5, 5.41) is 7.16. The zero-order chi connectivity index (χ0) is 25.5. The molecule has 2 atom stereocenters. The predicted molar refractivity (Wildman–Crippen MR) is 134 cm³/mol. The van der Waals surface area contributed by atoms with Crippen LogP contribution in [0.3, 0.4) is 0 Å². The quantitative estimate of drug-likeness (QED) is 0.456. The minimum atomic E-state index is -0.376. The van der Waals surface area contributed by atoms with E-state index in [1.54, 1.807) is 12.1 Å². The normalized spacial score (nSPS) is 16.3. The van der Waals surface area contributed by atoms with Crippen molar-refractivity contribution in [3.63, 3.8) is 0 Å². The van der Waals surface area contributed by atoms with E-state index in [4.69, 9.17) is 9.26 Å². The summed E-state index contributed by atoms with van der Waals surface area (Å²) in [5.74, 6) is 0.917. The number of amides is 1. The molecule has 0 radical (unpaired) electrons. The first-order valence-electron chi connectivity index (χ1n) is 12.2. The molecule has 1 aliphatic rings. The lowest BCUT2D eigenvalue weighted by atomic mass is 10.1. The van der Waals surface area contributed by atoms with Crippen molar-refractivity contribution in [2.45, 2.75) is 38.9 Å². The van der Waals surface area contributed by atoms with Gasteiger partial charge in [-0.05, 0) is 37.1 Å². The summed E-state index contributed by atoms with van der Waals surface area (Å²) < 4.78 is 10.3. The van der Waals surface area contributed by atoms with Gasteiger partial charge in [-0.2, -0.15) is 4.98 Å². The Morgan fingerprint density at radius 3 is 2.31 bits per heavy atom. The molecule has 1 aromatic heterocycles. The molecule has 0 bridgehead atoms. The van der Waals surface area contributed by atoms with Gasteiger partial charge in [0, 0.05) is 39.1 Å². The van der Waals surface area contributed by atoms with Gasteiger partial charge in [0.2, 0.25) is 11.8 Å². The number of esters is 1. The maximum absolute atomic E-state index is 12.8. The van der Waals surface area contributed by atoms with Crippen molar-refractivity contribution in [3.8, 4) is 0 Å². The van der Waals surface area contributed by atoms with E-state index < -0.39 is 0 Å². The Balaban J connectivity index is 1.23. The summed E-state index contributed by atoms with van der Waals surface area (Å²) in [6.07, 6.45) is 0.646. The van der Waals surface area contributed by atoms with Crippen molar-refractivity contribution in [1.82, 2.24) is 25.3 Å². The second kappa shape index (κ2) is 11.9. The Kier molecular flexibility index (Phi) is 8.45. The first kappa shape index (κ1) is 25.5. The molecule has 1 N–H and O–H groups in total. The van der Waals surface area contributed by atoms with E-state index in [9.17, 15) is 9.59 Å². The van der Waals surface area contributed by atoms with Crippen LogP contribution in [0.25, 0.3) is 0 Å². The highest BCUT2D eigenvalue weighted by Crippen LogP contribution is 2.21. The maximum atomic E-state index is 12.8. The van der Waals surface area contributed by atoms with E-state index in [1.165, 1.54) is 7.11 Å². The number of benzene rings is 2. The van der Waals surface area contributed by atoms with Gasteiger partial charge in [0.15, 0.2) is 5.82 Å². The van der Waals surface area contributed by atoms with Gasteiger partial charge in [0.1, 0.15) is 0 Å². The van der Waals surface area contributed by atoms with Crippen LogP contribution >= 0.6 is 0 Å². The molecule has 36 heavy (non-hydrogen) atoms. The van der Waals surface area contributed by atoms with Crippen LogP contribution in [0.2, 0.25) is 0 Å². The van der Waals surface area contributed by atoms with E-state index in [-0.39, 0.29) is 24.0 Å². The summed E-state index contributed by atoms with van der Waals surface area (Å²) in [4.78, 5) is 33.4. The summed E-state index contributed by atoms with van der Waals surface area (Å²) in [7, 11) is 1.35. The van der Waals surface area contributed by atoms with Crippen molar-refractivity contribution in [3.05, 3.63) is 83.0 Å². The number of methoxy groups -OCH3 is 1. The minimum absolute atomic E-state index is 0.0151. The lowest BCUT2D eigenvalue weighted by molar-refractivity contribution is -0.126. The Bertz CT molecular complexity index is 1140. The molecule has 0 spiro atoms. The van der Waals surface area contributed by atoms with Gasteiger partial charge in [0.05, 0.1) is 24.8 Å². The predicted octanol–water partition coefficient (Wildman–Crippen LogP) is 2.83. The molecule has 1 fully saturated rings. The molecule has 1 amide bonds. The fourth-order valence-electron chi connectivity index (χ4n) is 4.33. The van der Waals surface area contributed by atoms with Crippen molar-refractivity contribution in [2.75, 3.05) is 33.3 Å². The van der Waals surface area contributed by atoms with Gasteiger partial charge in [-0.1, -0.05) is 47.6 Å². The fourth-order valence-corrected chi connectivity index (χ4v) is 4.33. The number of hydrogen-bond acceptors (Lipinski definition) is 8. The molecule has 1 aliphatic heterocycles. The molecular weight excluding hydrogens is 458 g/mol. The molecule has 3 aromatic rings. The zero-order valence-electron chi connectivity index (χ0n) is 21.0. The first-order valence-corrected chi connectivity index (χ1v) is 12.2. The van der Waals surface area contributed by atoms with E-state index in [2.05, 4.69) is 44.3 Å². The smallest absolute Gasteiger partial charge is 0.337 e. The lowest BCUT2D eigenvalue weighted by Gasteiger charge is -2.39. The molecule has 0 aliphatic carbocycles. The van der Waals surface area contributed by atoms with Crippen LogP contribution in [-0.4, -0.2) is 71.1 Å². The highest BCUT2D eigenvalue weighted by molar-refractivity contribution is 5.89. The van der Waals surface area contributed by atoms with Crippen LogP contribution in [0.4, 0.5) is 0 Å². The molecule has 0 saturated carbocycles. The third-order valence-electron chi connectivity index (χ3n) is 6.71. The molecule has 2 unspecified atom stereocenters. The minimum Gasteiger partial charge on any atom is -0.465 e. The van der Waals surface area contributed by atoms with E-state index in [1.807, 2.05) is 37.3 Å². The first-order chi connectivity index (χ1) is 17.4. The second-order valence-electron chi connectivity index (χ2n) is 9.04.